The number of benzene rings is 2. The third-order valence-corrected chi connectivity index (χ3v) is 8.46. The minimum absolute atomic E-state index is 0.00412. The third-order valence-electron chi connectivity index (χ3n) is 8.03. The maximum atomic E-state index is 13.3. The topological polar surface area (TPSA) is 78.3 Å². The number of halogens is 3. The zero-order valence-electron chi connectivity index (χ0n) is 23.4. The van der Waals surface area contributed by atoms with Gasteiger partial charge in [-0.05, 0) is 62.7 Å². The minimum atomic E-state index is -4.92. The summed E-state index contributed by atoms with van der Waals surface area (Å²) in [6, 6.07) is 8.41. The van der Waals surface area contributed by atoms with Crippen molar-refractivity contribution in [3.05, 3.63) is 63.0 Å². The first kappa shape index (κ1) is 29.1. The second-order valence-corrected chi connectivity index (χ2v) is 11.1. The monoisotopic (exact) mass is 590 g/mol. The number of hydrogen-bond donors (Lipinski definition) is 1. The van der Waals surface area contributed by atoms with E-state index in [2.05, 4.69) is 39.3 Å². The summed E-state index contributed by atoms with van der Waals surface area (Å²) in [5, 5.41) is 0.850. The zero-order valence-corrected chi connectivity index (χ0v) is 24.2. The van der Waals surface area contributed by atoms with Gasteiger partial charge in [-0.3, -0.25) is 9.69 Å². The summed E-state index contributed by atoms with van der Waals surface area (Å²) in [5.74, 6) is -0.998. The van der Waals surface area contributed by atoms with E-state index in [1.165, 1.54) is 17.0 Å². The largest absolute Gasteiger partial charge is 0.573 e. The molecule has 3 heterocycles. The van der Waals surface area contributed by atoms with Gasteiger partial charge in [-0.1, -0.05) is 18.9 Å². The Labute approximate surface area is 240 Å². The summed E-state index contributed by atoms with van der Waals surface area (Å²) in [6.07, 6.45) is -1.78. The van der Waals surface area contributed by atoms with Crippen LogP contribution in [-0.4, -0.2) is 67.6 Å². The van der Waals surface area contributed by atoms with Crippen LogP contribution >= 0.6 is 11.9 Å². The van der Waals surface area contributed by atoms with E-state index >= 15 is 0 Å². The predicted molar refractivity (Wildman–Crippen MR) is 155 cm³/mol. The third kappa shape index (κ3) is 5.85. The van der Waals surface area contributed by atoms with E-state index in [9.17, 15) is 22.8 Å². The Balaban J connectivity index is 1.43. The molecule has 1 atom stereocenters. The zero-order chi connectivity index (χ0) is 29.5. The first-order valence-electron chi connectivity index (χ1n) is 13.5. The fourth-order valence-corrected chi connectivity index (χ4v) is 6.20. The van der Waals surface area contributed by atoms with E-state index in [1.54, 1.807) is 6.26 Å². The lowest BCUT2D eigenvalue weighted by molar-refractivity contribution is -0.274. The molecule has 1 unspecified atom stereocenters. The van der Waals surface area contributed by atoms with Crippen LogP contribution in [0.2, 0.25) is 0 Å². The molecule has 0 bridgehead atoms. The van der Waals surface area contributed by atoms with E-state index in [1.807, 2.05) is 13.0 Å². The van der Waals surface area contributed by atoms with Gasteiger partial charge >= 0.3 is 12.0 Å². The summed E-state index contributed by atoms with van der Waals surface area (Å²) < 4.78 is 51.7. The fourth-order valence-electron chi connectivity index (χ4n) is 5.82. The van der Waals surface area contributed by atoms with Crippen LogP contribution in [0.3, 0.4) is 0 Å². The molecule has 1 amide bonds. The quantitative estimate of drug-likeness (QED) is 0.301. The number of nitrogens with zero attached hydrogens (tertiary/aromatic N) is 3. The molecule has 2 aromatic carbocycles. The Hall–Kier alpha value is -3.38. The molecule has 1 fully saturated rings. The predicted octanol–water partition coefficient (Wildman–Crippen LogP) is 5.42. The smallest absolute Gasteiger partial charge is 0.422 e. The molecule has 2 aliphatic rings. The number of nitrogens with one attached hydrogen (secondary N) is 1. The Kier molecular flexibility index (Phi) is 8.15. The second-order valence-electron chi connectivity index (χ2n) is 10.5. The number of likely N-dealkylation sites (N-methyl/N-ethyl adjacent to an activating group) is 1. The van der Waals surface area contributed by atoms with Crippen LogP contribution in [0.4, 0.5) is 24.5 Å². The van der Waals surface area contributed by atoms with Crippen LogP contribution in [0.15, 0.2) is 39.5 Å². The normalized spacial score (nSPS) is 18.0. The standard InChI is InChI=1S/C29H33F3N4O4S/c1-5-19-15-35(13-12-34(19)3)24-9-7-21-20-10-11-36(16-22(20)28(38)39-26(21)17(24)2)27(37)18-6-8-23(33-41-4)25(14-18)40-29(30,31)32/h6-9,14,19,33H,5,10-13,15-16H2,1-4H3. The Morgan fingerprint density at radius 1 is 1.17 bits per heavy atom. The Morgan fingerprint density at radius 3 is 2.66 bits per heavy atom. The number of ether oxygens (including phenoxy) is 1. The van der Waals surface area contributed by atoms with E-state index in [0.717, 1.165) is 66.3 Å². The SMILES string of the molecule is CCC1CN(c2ccc3c4c(c(=O)oc3c2C)CN(C(=O)c2ccc(NSC)c(OC(F)(F)F)c2)CC4)CCN1C. The molecule has 1 saturated heterocycles. The van der Waals surface area contributed by atoms with Crippen LogP contribution in [-0.2, 0) is 13.0 Å². The number of carbonyl (C=O) groups is 1. The lowest BCUT2D eigenvalue weighted by Crippen LogP contribution is -2.51. The van der Waals surface area contributed by atoms with Crippen molar-refractivity contribution >= 4 is 40.2 Å². The number of piperazine rings is 1. The van der Waals surface area contributed by atoms with Crippen LogP contribution in [0, 0.1) is 6.92 Å². The fraction of sp³-hybridized carbons (Fsp3) is 0.448. The molecule has 0 spiro atoms. The van der Waals surface area contributed by atoms with Gasteiger partial charge in [0, 0.05) is 60.7 Å². The highest BCUT2D eigenvalue weighted by Crippen LogP contribution is 2.35. The summed E-state index contributed by atoms with van der Waals surface area (Å²) in [4.78, 5) is 32.7. The second kappa shape index (κ2) is 11.5. The number of fused-ring (bicyclic) bond motifs is 3. The molecule has 12 heteroatoms. The van der Waals surface area contributed by atoms with Gasteiger partial charge in [0.05, 0.1) is 17.8 Å². The maximum Gasteiger partial charge on any atom is 0.573 e. The number of aryl methyl sites for hydroxylation is 1. The van der Waals surface area contributed by atoms with Crippen molar-refractivity contribution in [1.82, 2.24) is 9.80 Å². The summed E-state index contributed by atoms with van der Waals surface area (Å²) in [7, 11) is 2.14. The molecule has 8 nitrogen and oxygen atoms in total. The van der Waals surface area contributed by atoms with Crippen LogP contribution in [0.1, 0.15) is 40.4 Å². The van der Waals surface area contributed by atoms with Crippen molar-refractivity contribution in [3.63, 3.8) is 0 Å². The van der Waals surface area contributed by atoms with Crippen molar-refractivity contribution in [2.45, 2.75) is 45.6 Å². The van der Waals surface area contributed by atoms with Crippen LogP contribution in [0.5, 0.6) is 5.75 Å². The molecule has 41 heavy (non-hydrogen) atoms. The molecular formula is C29H33F3N4O4S. The van der Waals surface area contributed by atoms with Gasteiger partial charge in [0.2, 0.25) is 0 Å². The maximum absolute atomic E-state index is 13.3. The Morgan fingerprint density at radius 2 is 1.95 bits per heavy atom. The number of alkyl halides is 3. The Bertz CT molecular complexity index is 1530. The summed E-state index contributed by atoms with van der Waals surface area (Å²) >= 11 is 1.10. The number of amides is 1. The lowest BCUT2D eigenvalue weighted by atomic mass is 9.95. The minimum Gasteiger partial charge on any atom is -0.422 e. The van der Waals surface area contributed by atoms with Crippen LogP contribution < -0.4 is 20.0 Å². The van der Waals surface area contributed by atoms with Gasteiger partial charge < -0.3 is 23.7 Å². The number of hydrogen-bond acceptors (Lipinski definition) is 8. The lowest BCUT2D eigenvalue weighted by Gasteiger charge is -2.41. The van der Waals surface area contributed by atoms with Crippen molar-refractivity contribution < 1.29 is 27.1 Å². The number of anilines is 2. The number of carbonyl (C=O) groups excluding carboxylic acids is 1. The average Bonchev–Trinajstić information content (AvgIpc) is 2.94. The first-order valence-corrected chi connectivity index (χ1v) is 14.7. The van der Waals surface area contributed by atoms with Crippen molar-refractivity contribution in [2.75, 3.05) is 49.1 Å². The molecule has 0 saturated carbocycles. The number of rotatable bonds is 6. The molecule has 3 aromatic rings. The highest BCUT2D eigenvalue weighted by atomic mass is 32.2. The molecule has 0 aliphatic carbocycles. The highest BCUT2D eigenvalue weighted by molar-refractivity contribution is 7.99. The summed E-state index contributed by atoms with van der Waals surface area (Å²) in [6.45, 7) is 7.21. The first-order chi connectivity index (χ1) is 19.5. The van der Waals surface area contributed by atoms with Gasteiger partial charge in [-0.2, -0.15) is 0 Å². The summed E-state index contributed by atoms with van der Waals surface area (Å²) in [5.41, 5.74) is 3.39. The van der Waals surface area contributed by atoms with E-state index in [0.29, 0.717) is 30.2 Å². The molecule has 220 valence electrons. The van der Waals surface area contributed by atoms with Crippen LogP contribution in [0.25, 0.3) is 11.0 Å². The van der Waals surface area contributed by atoms with Gasteiger partial charge in [0.1, 0.15) is 5.58 Å². The van der Waals surface area contributed by atoms with Crippen molar-refractivity contribution in [3.8, 4) is 5.75 Å². The van der Waals surface area contributed by atoms with Gasteiger partial charge in [0.15, 0.2) is 5.75 Å². The van der Waals surface area contributed by atoms with Crippen molar-refractivity contribution in [1.29, 1.82) is 0 Å². The van der Waals surface area contributed by atoms with Gasteiger partial charge in [0.25, 0.3) is 5.91 Å². The average molecular weight is 591 g/mol. The molecular weight excluding hydrogens is 557 g/mol. The molecule has 1 aromatic heterocycles. The van der Waals surface area contributed by atoms with Gasteiger partial charge in [-0.15, -0.1) is 13.2 Å². The highest BCUT2D eigenvalue weighted by Gasteiger charge is 2.33. The molecule has 1 N–H and O–H groups in total. The molecule has 5 rings (SSSR count). The van der Waals surface area contributed by atoms with Crippen molar-refractivity contribution in [2.24, 2.45) is 0 Å². The molecule has 0 radical (unpaired) electrons. The van der Waals surface area contributed by atoms with E-state index in [4.69, 9.17) is 4.42 Å². The van der Waals surface area contributed by atoms with E-state index in [-0.39, 0.29) is 17.8 Å². The molecule has 2 aliphatic heterocycles. The van der Waals surface area contributed by atoms with E-state index < -0.39 is 23.6 Å². The van der Waals surface area contributed by atoms with Gasteiger partial charge in [-0.25, -0.2) is 4.79 Å².